The number of β-amino-alcohol motifs (C(OH)–C–C–N with tert-alkyl or cyclic N) is 1. The molecule has 0 amide bonds. The quantitative estimate of drug-likeness (QED) is 0.767. The highest BCUT2D eigenvalue weighted by molar-refractivity contribution is 5.52. The van der Waals surface area contributed by atoms with E-state index in [1.807, 2.05) is 30.3 Å². The van der Waals surface area contributed by atoms with Crippen LogP contribution < -0.4 is 0 Å². The van der Waals surface area contributed by atoms with Gasteiger partial charge in [-0.05, 0) is 18.6 Å². The van der Waals surface area contributed by atoms with E-state index in [9.17, 15) is 5.11 Å². The molecule has 1 aromatic carbocycles. The number of nitrogens with zero attached hydrogens (tertiary/aromatic N) is 5. The van der Waals surface area contributed by atoms with Crippen LogP contribution in [0.2, 0.25) is 0 Å². The molecule has 1 N–H and O–H groups in total. The van der Waals surface area contributed by atoms with Crippen LogP contribution in [0.15, 0.2) is 53.4 Å². The summed E-state index contributed by atoms with van der Waals surface area (Å²) in [6.07, 6.45) is 5.79. The standard InChI is InChI=1S/C17H19N5O2/c23-17(13-22-9-7-18-20-22)6-8-21(12-17)10-15-11-24-16(19-15)14-4-2-1-3-5-14/h1-5,7,9,11,23H,6,8,10,12-13H2. The van der Waals surface area contributed by atoms with Crippen molar-refractivity contribution >= 4 is 0 Å². The smallest absolute Gasteiger partial charge is 0.226 e. The highest BCUT2D eigenvalue weighted by Crippen LogP contribution is 2.25. The van der Waals surface area contributed by atoms with Gasteiger partial charge in [0.05, 0.1) is 24.0 Å². The molecule has 1 fully saturated rings. The Kier molecular flexibility index (Phi) is 3.87. The van der Waals surface area contributed by atoms with Crippen molar-refractivity contribution in [2.75, 3.05) is 13.1 Å². The van der Waals surface area contributed by atoms with Gasteiger partial charge in [0.2, 0.25) is 5.89 Å². The highest BCUT2D eigenvalue weighted by atomic mass is 16.3. The molecule has 7 heteroatoms. The Bertz CT molecular complexity index is 786. The van der Waals surface area contributed by atoms with Crippen molar-refractivity contribution in [1.29, 1.82) is 0 Å². The number of rotatable bonds is 5. The van der Waals surface area contributed by atoms with Crippen molar-refractivity contribution in [1.82, 2.24) is 24.9 Å². The van der Waals surface area contributed by atoms with E-state index in [-0.39, 0.29) is 0 Å². The van der Waals surface area contributed by atoms with Crippen LogP contribution >= 0.6 is 0 Å². The minimum absolute atomic E-state index is 0.456. The molecule has 0 bridgehead atoms. The second kappa shape index (κ2) is 6.18. The molecule has 2 aromatic heterocycles. The Labute approximate surface area is 139 Å². The number of aromatic nitrogens is 4. The van der Waals surface area contributed by atoms with Crippen LogP contribution in [0.1, 0.15) is 12.1 Å². The maximum atomic E-state index is 10.7. The molecule has 0 spiro atoms. The second-order valence-electron chi connectivity index (χ2n) is 6.30. The fraction of sp³-hybridized carbons (Fsp3) is 0.353. The van der Waals surface area contributed by atoms with Gasteiger partial charge in [-0.3, -0.25) is 4.90 Å². The first-order valence-electron chi connectivity index (χ1n) is 7.99. The van der Waals surface area contributed by atoms with Crippen LogP contribution in [0.25, 0.3) is 11.5 Å². The number of oxazole rings is 1. The first kappa shape index (κ1) is 15.0. The molecule has 7 nitrogen and oxygen atoms in total. The van der Waals surface area contributed by atoms with Crippen LogP contribution in [0.4, 0.5) is 0 Å². The van der Waals surface area contributed by atoms with Crippen LogP contribution in [0, 0.1) is 0 Å². The van der Waals surface area contributed by atoms with Gasteiger partial charge in [0.15, 0.2) is 0 Å². The van der Waals surface area contributed by atoms with Gasteiger partial charge < -0.3 is 9.52 Å². The van der Waals surface area contributed by atoms with Crippen molar-refractivity contribution < 1.29 is 9.52 Å². The molecule has 0 radical (unpaired) electrons. The molecule has 0 saturated carbocycles. The van der Waals surface area contributed by atoms with Gasteiger partial charge in [-0.2, -0.15) is 0 Å². The van der Waals surface area contributed by atoms with Gasteiger partial charge in [-0.15, -0.1) is 5.10 Å². The summed E-state index contributed by atoms with van der Waals surface area (Å²) in [6, 6.07) is 9.84. The van der Waals surface area contributed by atoms with Crippen LogP contribution in [-0.4, -0.2) is 48.7 Å². The molecule has 1 atom stereocenters. The summed E-state index contributed by atoms with van der Waals surface area (Å²) in [7, 11) is 0. The van der Waals surface area contributed by atoms with Gasteiger partial charge in [0.1, 0.15) is 6.26 Å². The number of aliphatic hydroxyl groups is 1. The van der Waals surface area contributed by atoms with Gasteiger partial charge in [0.25, 0.3) is 0 Å². The summed E-state index contributed by atoms with van der Waals surface area (Å²) in [5.41, 5.74) is 1.06. The van der Waals surface area contributed by atoms with E-state index in [1.54, 1.807) is 23.3 Å². The number of likely N-dealkylation sites (tertiary alicyclic amines) is 1. The Morgan fingerprint density at radius 3 is 2.92 bits per heavy atom. The van der Waals surface area contributed by atoms with Crippen molar-refractivity contribution in [2.45, 2.75) is 25.1 Å². The fourth-order valence-corrected chi connectivity index (χ4v) is 3.15. The van der Waals surface area contributed by atoms with Crippen molar-refractivity contribution in [3.05, 3.63) is 54.7 Å². The average Bonchev–Trinajstić information content (AvgIpc) is 3.32. The summed E-state index contributed by atoms with van der Waals surface area (Å²) >= 11 is 0. The van der Waals surface area contributed by atoms with E-state index in [0.29, 0.717) is 31.9 Å². The molecular formula is C17H19N5O2. The maximum absolute atomic E-state index is 10.7. The number of hydrogen-bond acceptors (Lipinski definition) is 6. The molecule has 1 unspecified atom stereocenters. The van der Waals surface area contributed by atoms with Crippen molar-refractivity contribution in [3.63, 3.8) is 0 Å². The van der Waals surface area contributed by atoms with Gasteiger partial charge >= 0.3 is 0 Å². The lowest BCUT2D eigenvalue weighted by molar-refractivity contribution is 0.0273. The lowest BCUT2D eigenvalue weighted by Crippen LogP contribution is -2.37. The molecular weight excluding hydrogens is 306 g/mol. The van der Waals surface area contributed by atoms with E-state index in [2.05, 4.69) is 20.2 Å². The van der Waals surface area contributed by atoms with Gasteiger partial charge in [0, 0.05) is 31.4 Å². The minimum Gasteiger partial charge on any atom is -0.444 e. The third kappa shape index (κ3) is 3.22. The normalized spacial score (nSPS) is 21.4. The lowest BCUT2D eigenvalue weighted by Gasteiger charge is -2.22. The first-order chi connectivity index (χ1) is 11.7. The first-order valence-corrected chi connectivity index (χ1v) is 7.99. The van der Waals surface area contributed by atoms with Crippen molar-refractivity contribution in [3.8, 4) is 11.5 Å². The third-order valence-electron chi connectivity index (χ3n) is 4.30. The zero-order valence-electron chi connectivity index (χ0n) is 13.2. The number of benzene rings is 1. The van der Waals surface area contributed by atoms with Crippen molar-refractivity contribution in [2.24, 2.45) is 0 Å². The van der Waals surface area contributed by atoms with Crippen LogP contribution in [0.5, 0.6) is 0 Å². The molecule has 0 aliphatic carbocycles. The summed E-state index contributed by atoms with van der Waals surface area (Å²) in [4.78, 5) is 6.73. The lowest BCUT2D eigenvalue weighted by atomic mass is 10.0. The fourth-order valence-electron chi connectivity index (χ4n) is 3.15. The van der Waals surface area contributed by atoms with E-state index in [0.717, 1.165) is 17.8 Å². The zero-order valence-corrected chi connectivity index (χ0v) is 13.2. The maximum Gasteiger partial charge on any atom is 0.226 e. The molecule has 1 saturated heterocycles. The summed E-state index contributed by atoms with van der Waals surface area (Å²) in [5.74, 6) is 0.627. The summed E-state index contributed by atoms with van der Waals surface area (Å²) in [6.45, 7) is 2.52. The predicted octanol–water partition coefficient (Wildman–Crippen LogP) is 1.57. The Morgan fingerprint density at radius 1 is 1.25 bits per heavy atom. The minimum atomic E-state index is -0.778. The SMILES string of the molecule is OC1(Cn2ccnn2)CCN(Cc2coc(-c3ccccc3)n2)C1. The van der Waals surface area contributed by atoms with E-state index in [1.165, 1.54) is 0 Å². The molecule has 1 aliphatic heterocycles. The number of hydrogen-bond donors (Lipinski definition) is 1. The van der Waals surface area contributed by atoms with E-state index >= 15 is 0 Å². The van der Waals surface area contributed by atoms with Gasteiger partial charge in [-0.25, -0.2) is 9.67 Å². The van der Waals surface area contributed by atoms with Crippen LogP contribution in [0.3, 0.4) is 0 Å². The van der Waals surface area contributed by atoms with E-state index in [4.69, 9.17) is 4.42 Å². The summed E-state index contributed by atoms with van der Waals surface area (Å²) < 4.78 is 7.25. The molecule has 24 heavy (non-hydrogen) atoms. The summed E-state index contributed by atoms with van der Waals surface area (Å²) in [5, 5.41) is 18.4. The Hall–Kier alpha value is -2.51. The zero-order chi connectivity index (χ0) is 16.4. The van der Waals surface area contributed by atoms with E-state index < -0.39 is 5.60 Å². The Balaban J connectivity index is 1.39. The van der Waals surface area contributed by atoms with Crippen LogP contribution in [-0.2, 0) is 13.1 Å². The largest absolute Gasteiger partial charge is 0.444 e. The molecule has 4 rings (SSSR count). The molecule has 3 heterocycles. The molecule has 124 valence electrons. The third-order valence-corrected chi connectivity index (χ3v) is 4.30. The monoisotopic (exact) mass is 325 g/mol. The van der Waals surface area contributed by atoms with Gasteiger partial charge in [-0.1, -0.05) is 23.4 Å². The topological polar surface area (TPSA) is 80.2 Å². The molecule has 1 aliphatic rings. The average molecular weight is 325 g/mol. The predicted molar refractivity (Wildman–Crippen MR) is 86.8 cm³/mol. The molecule has 3 aromatic rings. The Morgan fingerprint density at radius 2 is 2.12 bits per heavy atom. The highest BCUT2D eigenvalue weighted by Gasteiger charge is 2.36. The second-order valence-corrected chi connectivity index (χ2v) is 6.30.